The van der Waals surface area contributed by atoms with Crippen molar-refractivity contribution in [3.8, 4) is 0 Å². The molecule has 10 heteroatoms. The average molecular weight is 603 g/mol. The summed E-state index contributed by atoms with van der Waals surface area (Å²) in [6.07, 6.45) is 3.92. The Bertz CT molecular complexity index is 1420. The number of carbonyl (C=O) groups is 2. The standard InChI is InChI=1S/C30H33Cl2N3O4S/c1-21-12-14-28(15-13-21)40(38,39)35(27-17-24(31)16-25(32)18-27)20-29(36)34(19-23-8-4-3-5-9-23)22(2)30(37)33-26-10-6-7-11-26/h3-5,8-9,12-18,22,26H,6-7,10-11,19-20H2,1-2H3,(H,33,37)/t22-/m1/s1. The highest BCUT2D eigenvalue weighted by atomic mass is 35.5. The fourth-order valence-electron chi connectivity index (χ4n) is 4.80. The Morgan fingerprint density at radius 3 is 2.15 bits per heavy atom. The maximum atomic E-state index is 14.0. The van der Waals surface area contributed by atoms with Gasteiger partial charge < -0.3 is 10.2 Å². The average Bonchev–Trinajstić information content (AvgIpc) is 3.43. The summed E-state index contributed by atoms with van der Waals surface area (Å²) >= 11 is 12.5. The fraction of sp³-hybridized carbons (Fsp3) is 0.333. The van der Waals surface area contributed by atoms with E-state index in [9.17, 15) is 18.0 Å². The molecule has 1 atom stereocenters. The molecule has 1 saturated carbocycles. The summed E-state index contributed by atoms with van der Waals surface area (Å²) in [6.45, 7) is 3.10. The highest BCUT2D eigenvalue weighted by Crippen LogP contribution is 2.30. The molecule has 3 aromatic rings. The van der Waals surface area contributed by atoms with Gasteiger partial charge in [-0.3, -0.25) is 13.9 Å². The minimum atomic E-state index is -4.20. The molecule has 40 heavy (non-hydrogen) atoms. The van der Waals surface area contributed by atoms with Crippen LogP contribution in [-0.2, 0) is 26.2 Å². The first-order chi connectivity index (χ1) is 19.0. The summed E-state index contributed by atoms with van der Waals surface area (Å²) in [7, 11) is -4.20. The summed E-state index contributed by atoms with van der Waals surface area (Å²) in [5.74, 6) is -0.806. The largest absolute Gasteiger partial charge is 0.352 e. The van der Waals surface area contributed by atoms with Gasteiger partial charge in [-0.05, 0) is 62.6 Å². The zero-order valence-electron chi connectivity index (χ0n) is 22.5. The van der Waals surface area contributed by atoms with Gasteiger partial charge in [0.1, 0.15) is 12.6 Å². The molecule has 4 rings (SSSR count). The predicted molar refractivity (Wildman–Crippen MR) is 159 cm³/mol. The Hall–Kier alpha value is -3.07. The number of sulfonamides is 1. The molecule has 1 N–H and O–H groups in total. The lowest BCUT2D eigenvalue weighted by atomic mass is 10.1. The van der Waals surface area contributed by atoms with Crippen molar-refractivity contribution in [2.75, 3.05) is 10.8 Å². The molecule has 0 bridgehead atoms. The summed E-state index contributed by atoms with van der Waals surface area (Å²) in [6, 6.07) is 19.3. The van der Waals surface area contributed by atoms with Gasteiger partial charge >= 0.3 is 0 Å². The number of nitrogens with one attached hydrogen (secondary N) is 1. The van der Waals surface area contributed by atoms with Crippen molar-refractivity contribution in [3.63, 3.8) is 0 Å². The third-order valence-electron chi connectivity index (χ3n) is 7.09. The first-order valence-electron chi connectivity index (χ1n) is 13.2. The van der Waals surface area contributed by atoms with E-state index in [0.717, 1.165) is 41.1 Å². The van der Waals surface area contributed by atoms with Crippen molar-refractivity contribution in [2.45, 2.75) is 63.1 Å². The predicted octanol–water partition coefficient (Wildman–Crippen LogP) is 5.97. The van der Waals surface area contributed by atoms with E-state index in [1.807, 2.05) is 37.3 Å². The van der Waals surface area contributed by atoms with Crippen LogP contribution >= 0.6 is 23.2 Å². The van der Waals surface area contributed by atoms with Crippen molar-refractivity contribution in [1.29, 1.82) is 0 Å². The van der Waals surface area contributed by atoms with E-state index in [1.54, 1.807) is 19.1 Å². The molecule has 0 unspecified atom stereocenters. The van der Waals surface area contributed by atoms with Crippen LogP contribution in [0.2, 0.25) is 10.0 Å². The first kappa shape index (κ1) is 29.9. The zero-order chi connectivity index (χ0) is 28.9. The van der Waals surface area contributed by atoms with Gasteiger partial charge in [-0.1, -0.05) is 84.1 Å². The molecule has 0 aliphatic heterocycles. The highest BCUT2D eigenvalue weighted by molar-refractivity contribution is 7.92. The Kier molecular flexibility index (Phi) is 9.77. The van der Waals surface area contributed by atoms with Crippen LogP contribution < -0.4 is 9.62 Å². The number of benzene rings is 3. The van der Waals surface area contributed by atoms with E-state index in [2.05, 4.69) is 5.32 Å². The van der Waals surface area contributed by atoms with E-state index in [0.29, 0.717) is 0 Å². The molecule has 0 aromatic heterocycles. The third kappa shape index (κ3) is 7.36. The van der Waals surface area contributed by atoms with Crippen LogP contribution in [-0.4, -0.2) is 43.8 Å². The second-order valence-corrected chi connectivity index (χ2v) is 12.9. The molecular formula is C30H33Cl2N3O4S. The van der Waals surface area contributed by atoms with Gasteiger partial charge in [0.05, 0.1) is 10.6 Å². The second-order valence-electron chi connectivity index (χ2n) is 10.1. The SMILES string of the molecule is Cc1ccc(S(=O)(=O)N(CC(=O)N(Cc2ccccc2)[C@H](C)C(=O)NC2CCCC2)c2cc(Cl)cc(Cl)c2)cc1. The van der Waals surface area contributed by atoms with Gasteiger partial charge in [-0.15, -0.1) is 0 Å². The molecule has 0 radical (unpaired) electrons. The molecule has 0 saturated heterocycles. The molecular weight excluding hydrogens is 569 g/mol. The topological polar surface area (TPSA) is 86.8 Å². The highest BCUT2D eigenvalue weighted by Gasteiger charge is 2.33. The van der Waals surface area contributed by atoms with Crippen molar-refractivity contribution < 1.29 is 18.0 Å². The van der Waals surface area contributed by atoms with E-state index < -0.39 is 28.5 Å². The number of anilines is 1. The van der Waals surface area contributed by atoms with Crippen molar-refractivity contribution in [2.24, 2.45) is 0 Å². The molecule has 0 heterocycles. The first-order valence-corrected chi connectivity index (χ1v) is 15.4. The van der Waals surface area contributed by atoms with Crippen LogP contribution in [0.5, 0.6) is 0 Å². The van der Waals surface area contributed by atoms with Crippen molar-refractivity contribution in [3.05, 3.63) is 94.0 Å². The second kappa shape index (κ2) is 13.1. The summed E-state index contributed by atoms with van der Waals surface area (Å²) in [4.78, 5) is 28.7. The number of nitrogens with zero attached hydrogens (tertiary/aromatic N) is 2. The van der Waals surface area contributed by atoms with Gasteiger partial charge in [-0.2, -0.15) is 0 Å². The quantitative estimate of drug-likeness (QED) is 0.310. The Morgan fingerprint density at radius 2 is 1.55 bits per heavy atom. The smallest absolute Gasteiger partial charge is 0.264 e. The Labute approximate surface area is 246 Å². The van der Waals surface area contributed by atoms with E-state index in [4.69, 9.17) is 23.2 Å². The van der Waals surface area contributed by atoms with Crippen LogP contribution in [0.1, 0.15) is 43.7 Å². The number of rotatable bonds is 10. The number of hydrogen-bond acceptors (Lipinski definition) is 4. The maximum absolute atomic E-state index is 14.0. The van der Waals surface area contributed by atoms with Crippen molar-refractivity contribution in [1.82, 2.24) is 10.2 Å². The van der Waals surface area contributed by atoms with E-state index in [-0.39, 0.29) is 39.1 Å². The molecule has 1 aliphatic carbocycles. The molecule has 212 valence electrons. The van der Waals surface area contributed by atoms with Gasteiger partial charge in [-0.25, -0.2) is 8.42 Å². The molecule has 3 aromatic carbocycles. The summed E-state index contributed by atoms with van der Waals surface area (Å²) in [5, 5.41) is 3.51. The number of halogens is 2. The Morgan fingerprint density at radius 1 is 0.950 bits per heavy atom. The van der Waals surface area contributed by atoms with Gasteiger partial charge in [0.2, 0.25) is 11.8 Å². The van der Waals surface area contributed by atoms with Crippen LogP contribution in [0, 0.1) is 6.92 Å². The molecule has 2 amide bonds. The van der Waals surface area contributed by atoms with Crippen LogP contribution in [0.15, 0.2) is 77.7 Å². The van der Waals surface area contributed by atoms with Crippen LogP contribution in [0.3, 0.4) is 0 Å². The summed E-state index contributed by atoms with van der Waals surface area (Å²) < 4.78 is 28.8. The van der Waals surface area contributed by atoms with Gasteiger partial charge in [0.25, 0.3) is 10.0 Å². The molecule has 1 aliphatic rings. The maximum Gasteiger partial charge on any atom is 0.264 e. The lowest BCUT2D eigenvalue weighted by Crippen LogP contribution is -2.52. The van der Waals surface area contributed by atoms with E-state index >= 15 is 0 Å². The minimum absolute atomic E-state index is 0.0173. The van der Waals surface area contributed by atoms with Crippen molar-refractivity contribution >= 4 is 50.7 Å². The monoisotopic (exact) mass is 601 g/mol. The minimum Gasteiger partial charge on any atom is -0.352 e. The lowest BCUT2D eigenvalue weighted by molar-refractivity contribution is -0.139. The molecule has 7 nitrogen and oxygen atoms in total. The van der Waals surface area contributed by atoms with Crippen LogP contribution in [0.4, 0.5) is 5.69 Å². The summed E-state index contributed by atoms with van der Waals surface area (Å²) in [5.41, 5.74) is 1.85. The zero-order valence-corrected chi connectivity index (χ0v) is 24.8. The third-order valence-corrected chi connectivity index (χ3v) is 9.31. The van der Waals surface area contributed by atoms with Crippen LogP contribution in [0.25, 0.3) is 0 Å². The number of hydrogen-bond donors (Lipinski definition) is 1. The molecule has 0 spiro atoms. The number of aryl methyl sites for hydroxylation is 1. The normalized spacial score (nSPS) is 14.5. The fourth-order valence-corrected chi connectivity index (χ4v) is 6.72. The number of carbonyl (C=O) groups excluding carboxylic acids is 2. The lowest BCUT2D eigenvalue weighted by Gasteiger charge is -2.32. The van der Waals surface area contributed by atoms with Gasteiger partial charge in [0, 0.05) is 22.6 Å². The van der Waals surface area contributed by atoms with Gasteiger partial charge in [0.15, 0.2) is 0 Å². The number of amides is 2. The van der Waals surface area contributed by atoms with E-state index in [1.165, 1.54) is 35.2 Å². The molecule has 1 fully saturated rings. The Balaban J connectivity index is 1.70.